The van der Waals surface area contributed by atoms with Gasteiger partial charge in [-0.05, 0) is 81.2 Å². The lowest BCUT2D eigenvalue weighted by Crippen LogP contribution is -2.35. The number of sulfonamides is 2. The summed E-state index contributed by atoms with van der Waals surface area (Å²) in [6, 6.07) is 11.2. The number of furan rings is 1. The number of aryl methyl sites for hydroxylation is 1. The number of hydrogen-bond donors (Lipinski definition) is 0. The Kier molecular flexibility index (Phi) is 12.0. The summed E-state index contributed by atoms with van der Waals surface area (Å²) in [7, 11) is -8.30. The topological polar surface area (TPSA) is 114 Å². The van der Waals surface area contributed by atoms with Crippen molar-refractivity contribution >= 4 is 42.5 Å². The van der Waals surface area contributed by atoms with Gasteiger partial charge >= 0.3 is 0 Å². The second-order valence-electron chi connectivity index (χ2n) is 10.7. The molecule has 0 unspecified atom stereocenters. The standard InChI is InChI=1S/C31H44N2O7S2/c1-6-9-19-32(20-10-7-2)21-11-22-39-26-16-13-24(14-17-26)31(34)30-27-23-25(33(41(4,35)36)42(5,37)38)15-18-28(27)40-29(30)12-8-3/h13-18,23H,6-12,19-22H2,1-5H3. The highest BCUT2D eigenvalue weighted by atomic mass is 32.3. The summed E-state index contributed by atoms with van der Waals surface area (Å²) in [5.74, 6) is 0.842. The van der Waals surface area contributed by atoms with Crippen LogP contribution in [0, 0.1) is 0 Å². The molecule has 0 bridgehead atoms. The van der Waals surface area contributed by atoms with E-state index in [0.717, 1.165) is 38.6 Å². The van der Waals surface area contributed by atoms with Crippen LogP contribution in [0.1, 0.15) is 81.0 Å². The van der Waals surface area contributed by atoms with Crippen molar-refractivity contribution in [3.63, 3.8) is 0 Å². The zero-order valence-corrected chi connectivity index (χ0v) is 27.0. The first-order valence-corrected chi connectivity index (χ1v) is 18.4. The minimum absolute atomic E-state index is 0.0860. The number of unbranched alkanes of at least 4 members (excludes halogenated alkanes) is 2. The number of hydrogen-bond acceptors (Lipinski definition) is 8. The van der Waals surface area contributed by atoms with Crippen LogP contribution >= 0.6 is 0 Å². The molecule has 0 aliphatic rings. The predicted molar refractivity (Wildman–Crippen MR) is 169 cm³/mol. The summed E-state index contributed by atoms with van der Waals surface area (Å²) in [6.45, 7) is 10.2. The SMILES string of the molecule is CCCCN(CCCC)CCCOc1ccc(C(=O)c2c(CCC)oc3ccc(N(S(C)(=O)=O)S(C)(=O)=O)cc23)cc1. The van der Waals surface area contributed by atoms with Crippen molar-refractivity contribution in [2.45, 2.75) is 65.7 Å². The molecule has 1 heterocycles. The van der Waals surface area contributed by atoms with Crippen molar-refractivity contribution in [2.75, 3.05) is 42.5 Å². The van der Waals surface area contributed by atoms with Crippen LogP contribution in [0.25, 0.3) is 11.0 Å². The number of ether oxygens (including phenoxy) is 1. The van der Waals surface area contributed by atoms with Gasteiger partial charge in [0, 0.05) is 23.9 Å². The van der Waals surface area contributed by atoms with Gasteiger partial charge in [0.1, 0.15) is 17.1 Å². The molecule has 0 radical (unpaired) electrons. The number of fused-ring (bicyclic) bond motifs is 1. The van der Waals surface area contributed by atoms with Gasteiger partial charge in [0.25, 0.3) is 0 Å². The minimum atomic E-state index is -4.15. The molecule has 9 nitrogen and oxygen atoms in total. The maximum atomic E-state index is 13.8. The smallest absolute Gasteiger partial charge is 0.245 e. The van der Waals surface area contributed by atoms with E-state index >= 15 is 0 Å². The first-order valence-electron chi connectivity index (χ1n) is 14.7. The van der Waals surface area contributed by atoms with E-state index in [1.165, 1.54) is 43.9 Å². The molecule has 2 aromatic carbocycles. The Bertz CT molecular complexity index is 1510. The van der Waals surface area contributed by atoms with E-state index in [-0.39, 0.29) is 11.5 Å². The van der Waals surface area contributed by atoms with E-state index in [9.17, 15) is 21.6 Å². The van der Waals surface area contributed by atoms with Gasteiger partial charge in [0.2, 0.25) is 20.0 Å². The summed E-state index contributed by atoms with van der Waals surface area (Å²) in [6.07, 6.45) is 8.51. The molecule has 0 saturated heterocycles. The predicted octanol–water partition coefficient (Wildman–Crippen LogP) is 6.01. The summed E-state index contributed by atoms with van der Waals surface area (Å²) < 4.78 is 61.7. The Balaban J connectivity index is 1.81. The van der Waals surface area contributed by atoms with Crippen molar-refractivity contribution in [3.8, 4) is 5.75 Å². The fraction of sp³-hybridized carbons (Fsp3) is 0.516. The van der Waals surface area contributed by atoms with E-state index in [0.29, 0.717) is 56.8 Å². The summed E-state index contributed by atoms with van der Waals surface area (Å²) in [5, 5.41) is 0.356. The quantitative estimate of drug-likeness (QED) is 0.125. The van der Waals surface area contributed by atoms with Crippen LogP contribution in [0.3, 0.4) is 0 Å². The van der Waals surface area contributed by atoms with Crippen LogP contribution in [0.5, 0.6) is 5.75 Å². The Labute approximate surface area is 250 Å². The molecule has 0 amide bonds. The highest BCUT2D eigenvalue weighted by molar-refractivity contribution is 8.09. The molecule has 3 aromatic rings. The molecule has 3 rings (SSSR count). The Morgan fingerprint density at radius 1 is 0.810 bits per heavy atom. The molecule has 0 N–H and O–H groups in total. The number of ketones is 1. The molecular weight excluding hydrogens is 576 g/mol. The van der Waals surface area contributed by atoms with Gasteiger partial charge in [0.15, 0.2) is 5.78 Å². The van der Waals surface area contributed by atoms with Gasteiger partial charge in [-0.2, -0.15) is 3.71 Å². The molecule has 0 fully saturated rings. The molecule has 1 aromatic heterocycles. The number of benzene rings is 2. The number of rotatable bonds is 18. The average molecular weight is 621 g/mol. The van der Waals surface area contributed by atoms with Crippen LogP contribution in [-0.2, 0) is 26.5 Å². The monoisotopic (exact) mass is 620 g/mol. The summed E-state index contributed by atoms with van der Waals surface area (Å²) in [4.78, 5) is 16.3. The molecule has 11 heteroatoms. The van der Waals surface area contributed by atoms with E-state index in [1.807, 2.05) is 6.92 Å². The largest absolute Gasteiger partial charge is 0.494 e. The second-order valence-corrected chi connectivity index (χ2v) is 14.6. The van der Waals surface area contributed by atoms with E-state index in [1.54, 1.807) is 24.3 Å². The lowest BCUT2D eigenvalue weighted by atomic mass is 9.98. The first kappa shape index (κ1) is 33.6. The maximum absolute atomic E-state index is 13.8. The van der Waals surface area contributed by atoms with Crippen LogP contribution in [0.15, 0.2) is 46.9 Å². The van der Waals surface area contributed by atoms with E-state index in [4.69, 9.17) is 9.15 Å². The highest BCUT2D eigenvalue weighted by Crippen LogP contribution is 2.34. The average Bonchev–Trinajstić information content (AvgIpc) is 3.27. The minimum Gasteiger partial charge on any atom is -0.494 e. The van der Waals surface area contributed by atoms with Gasteiger partial charge in [-0.25, -0.2) is 16.8 Å². The summed E-state index contributed by atoms with van der Waals surface area (Å²) >= 11 is 0. The number of nitrogens with zero attached hydrogens (tertiary/aromatic N) is 2. The lowest BCUT2D eigenvalue weighted by Gasteiger charge is -2.21. The van der Waals surface area contributed by atoms with Crippen LogP contribution in [0.2, 0.25) is 0 Å². The normalized spacial score (nSPS) is 12.2. The van der Waals surface area contributed by atoms with Crippen LogP contribution < -0.4 is 8.45 Å². The van der Waals surface area contributed by atoms with Gasteiger partial charge < -0.3 is 14.1 Å². The number of anilines is 1. The third kappa shape index (κ3) is 8.81. The highest BCUT2D eigenvalue weighted by Gasteiger charge is 2.29. The van der Waals surface area contributed by atoms with Gasteiger partial charge in [-0.15, -0.1) is 0 Å². The fourth-order valence-corrected chi connectivity index (χ4v) is 7.92. The number of carbonyl (C=O) groups excluding carboxylic acids is 1. The molecule has 0 spiro atoms. The Morgan fingerprint density at radius 3 is 1.95 bits per heavy atom. The van der Waals surface area contributed by atoms with Gasteiger partial charge in [-0.1, -0.05) is 33.6 Å². The Hall–Kier alpha value is -2.89. The van der Waals surface area contributed by atoms with Gasteiger partial charge in [0.05, 0.1) is 30.4 Å². The van der Waals surface area contributed by atoms with Crippen molar-refractivity contribution in [2.24, 2.45) is 0 Å². The Morgan fingerprint density at radius 2 is 1.40 bits per heavy atom. The first-order chi connectivity index (χ1) is 19.9. The number of carbonyl (C=O) groups is 1. The summed E-state index contributed by atoms with van der Waals surface area (Å²) in [5.41, 5.74) is 1.00. The second kappa shape index (κ2) is 15.0. The molecule has 232 valence electrons. The van der Waals surface area contributed by atoms with E-state index < -0.39 is 20.0 Å². The zero-order chi connectivity index (χ0) is 30.9. The van der Waals surface area contributed by atoms with E-state index in [2.05, 4.69) is 18.7 Å². The van der Waals surface area contributed by atoms with Crippen molar-refractivity contribution in [3.05, 3.63) is 59.4 Å². The molecule has 0 saturated carbocycles. The molecular formula is C31H44N2O7S2. The van der Waals surface area contributed by atoms with Crippen molar-refractivity contribution < 1.29 is 30.8 Å². The van der Waals surface area contributed by atoms with Crippen LogP contribution in [-0.4, -0.2) is 66.3 Å². The molecule has 0 atom stereocenters. The van der Waals surface area contributed by atoms with Gasteiger partial charge in [-0.3, -0.25) is 4.79 Å². The molecule has 0 aliphatic heterocycles. The van der Waals surface area contributed by atoms with Crippen molar-refractivity contribution in [1.82, 2.24) is 4.90 Å². The zero-order valence-electron chi connectivity index (χ0n) is 25.4. The molecule has 0 aliphatic carbocycles. The van der Waals surface area contributed by atoms with Crippen LogP contribution in [0.4, 0.5) is 5.69 Å². The fourth-order valence-electron chi connectivity index (χ4n) is 4.95. The lowest BCUT2D eigenvalue weighted by molar-refractivity contribution is 0.103. The molecule has 42 heavy (non-hydrogen) atoms. The van der Waals surface area contributed by atoms with Crippen molar-refractivity contribution in [1.29, 1.82) is 0 Å². The maximum Gasteiger partial charge on any atom is 0.245 e. The third-order valence-electron chi connectivity index (χ3n) is 6.92. The third-order valence-corrected chi connectivity index (χ3v) is 10.2.